The summed E-state index contributed by atoms with van der Waals surface area (Å²) in [5.74, 6) is 0. The Kier molecular flexibility index (Phi) is 1.73. The lowest BCUT2D eigenvalue weighted by atomic mass is 10.2. The highest BCUT2D eigenvalue weighted by molar-refractivity contribution is 9.12. The molecule has 0 radical (unpaired) electrons. The van der Waals surface area contributed by atoms with Gasteiger partial charge in [0.1, 0.15) is 0 Å². The van der Waals surface area contributed by atoms with Crippen molar-refractivity contribution in [2.75, 3.05) is 6.54 Å². The molecule has 0 aliphatic carbocycles. The van der Waals surface area contributed by atoms with Crippen molar-refractivity contribution in [1.82, 2.24) is 5.32 Å². The average Bonchev–Trinajstić information content (AvgIpc) is 1.77. The van der Waals surface area contributed by atoms with E-state index >= 15 is 0 Å². The fourth-order valence-electron chi connectivity index (χ4n) is 0.572. The summed E-state index contributed by atoms with van der Waals surface area (Å²) in [7, 11) is 0. The van der Waals surface area contributed by atoms with Gasteiger partial charge in [0, 0.05) is 17.2 Å². The number of hydrogen-bond acceptors (Lipinski definition) is 1. The summed E-state index contributed by atoms with van der Waals surface area (Å²) < 4.78 is 1.16. The third-order valence-corrected chi connectivity index (χ3v) is 1.99. The van der Waals surface area contributed by atoms with Crippen LogP contribution >= 0.6 is 15.9 Å². The van der Waals surface area contributed by atoms with Crippen LogP contribution in [0.15, 0.2) is 22.3 Å². The van der Waals surface area contributed by atoms with Crippen LogP contribution in [0.5, 0.6) is 0 Å². The van der Waals surface area contributed by atoms with Gasteiger partial charge >= 0.3 is 0 Å². The Balaban J connectivity index is 2.73. The van der Waals surface area contributed by atoms with Gasteiger partial charge in [0.25, 0.3) is 0 Å². The molecular formula is C6H8BrN. The van der Waals surface area contributed by atoms with Crippen LogP contribution in [0.2, 0.25) is 0 Å². The lowest BCUT2D eigenvalue weighted by Gasteiger charge is -2.06. The van der Waals surface area contributed by atoms with E-state index in [2.05, 4.69) is 34.2 Å². The highest BCUT2D eigenvalue weighted by Gasteiger charge is 1.96. The van der Waals surface area contributed by atoms with Crippen molar-refractivity contribution >= 4 is 15.9 Å². The first-order valence-electron chi connectivity index (χ1n) is 2.57. The van der Waals surface area contributed by atoms with Gasteiger partial charge in [-0.2, -0.15) is 0 Å². The Bertz CT molecular complexity index is 129. The van der Waals surface area contributed by atoms with Gasteiger partial charge in [-0.3, -0.25) is 0 Å². The Morgan fingerprint density at radius 3 is 2.88 bits per heavy atom. The predicted octanol–water partition coefficient (Wildman–Crippen LogP) is 1.77. The summed E-state index contributed by atoms with van der Waals surface area (Å²) in [4.78, 5) is 0. The summed E-state index contributed by atoms with van der Waals surface area (Å²) in [6.07, 6.45) is 4.11. The van der Waals surface area contributed by atoms with Crippen LogP contribution in [-0.2, 0) is 0 Å². The molecule has 44 valence electrons. The fraction of sp³-hybridized carbons (Fsp3) is 0.333. The molecule has 0 unspecified atom stereocenters. The number of halogens is 1. The molecule has 1 nitrogen and oxygen atoms in total. The molecule has 0 saturated carbocycles. The number of dihydropyridines is 1. The van der Waals surface area contributed by atoms with Gasteiger partial charge in [-0.25, -0.2) is 0 Å². The molecular weight excluding hydrogens is 166 g/mol. The summed E-state index contributed by atoms with van der Waals surface area (Å²) >= 11 is 3.38. The van der Waals surface area contributed by atoms with Crippen molar-refractivity contribution < 1.29 is 0 Å². The molecule has 1 rings (SSSR count). The van der Waals surface area contributed by atoms with Gasteiger partial charge in [0.2, 0.25) is 0 Å². The zero-order valence-corrected chi connectivity index (χ0v) is 6.33. The number of rotatable bonds is 0. The molecule has 0 saturated heterocycles. The van der Waals surface area contributed by atoms with Crippen molar-refractivity contribution in [3.8, 4) is 0 Å². The summed E-state index contributed by atoms with van der Waals surface area (Å²) in [6.45, 7) is 3.04. The Hall–Kier alpha value is -0.240. The van der Waals surface area contributed by atoms with E-state index in [9.17, 15) is 0 Å². The zero-order chi connectivity index (χ0) is 5.98. The van der Waals surface area contributed by atoms with E-state index in [1.807, 2.05) is 6.20 Å². The molecule has 0 bridgehead atoms. The first-order valence-corrected chi connectivity index (χ1v) is 3.36. The fourth-order valence-corrected chi connectivity index (χ4v) is 0.896. The Morgan fingerprint density at radius 1 is 1.75 bits per heavy atom. The smallest absolute Gasteiger partial charge is 0.0358 e. The molecule has 1 aliphatic heterocycles. The lowest BCUT2D eigenvalue weighted by Crippen LogP contribution is -2.09. The van der Waals surface area contributed by atoms with E-state index in [4.69, 9.17) is 0 Å². The highest BCUT2D eigenvalue weighted by Crippen LogP contribution is 2.16. The van der Waals surface area contributed by atoms with Crippen molar-refractivity contribution in [3.05, 3.63) is 22.3 Å². The third-order valence-electron chi connectivity index (χ3n) is 1.13. The van der Waals surface area contributed by atoms with Gasteiger partial charge in [-0.1, -0.05) is 6.08 Å². The molecule has 0 aromatic heterocycles. The highest BCUT2D eigenvalue weighted by atomic mass is 79.9. The van der Waals surface area contributed by atoms with E-state index < -0.39 is 0 Å². The minimum atomic E-state index is 0.959. The second-order valence-corrected chi connectivity index (χ2v) is 2.64. The van der Waals surface area contributed by atoms with Crippen LogP contribution in [0, 0.1) is 0 Å². The van der Waals surface area contributed by atoms with Gasteiger partial charge in [-0.15, -0.1) is 0 Å². The Morgan fingerprint density at radius 2 is 2.50 bits per heavy atom. The predicted molar refractivity (Wildman–Crippen MR) is 38.8 cm³/mol. The van der Waals surface area contributed by atoms with Crippen LogP contribution in [0.25, 0.3) is 0 Å². The van der Waals surface area contributed by atoms with E-state index in [0.29, 0.717) is 0 Å². The zero-order valence-electron chi connectivity index (χ0n) is 4.74. The minimum Gasteiger partial charge on any atom is -0.386 e. The second kappa shape index (κ2) is 2.35. The van der Waals surface area contributed by atoms with E-state index in [1.54, 1.807) is 0 Å². The normalized spacial score (nSPS) is 18.8. The van der Waals surface area contributed by atoms with Crippen LogP contribution in [0.4, 0.5) is 0 Å². The van der Waals surface area contributed by atoms with E-state index in [-0.39, 0.29) is 0 Å². The molecule has 1 N–H and O–H groups in total. The number of hydrogen-bond donors (Lipinski definition) is 1. The molecule has 1 heterocycles. The number of allylic oxidation sites excluding steroid dienone is 2. The monoisotopic (exact) mass is 173 g/mol. The molecule has 0 spiro atoms. The largest absolute Gasteiger partial charge is 0.386 e. The summed E-state index contributed by atoms with van der Waals surface area (Å²) in [6, 6.07) is 0. The van der Waals surface area contributed by atoms with Crippen LogP contribution in [0.3, 0.4) is 0 Å². The molecule has 0 aromatic carbocycles. The van der Waals surface area contributed by atoms with E-state index in [0.717, 1.165) is 11.0 Å². The SMILES string of the molecule is CC1=CCNC=C1Br. The van der Waals surface area contributed by atoms with Gasteiger partial charge in [0.05, 0.1) is 0 Å². The molecule has 0 amide bonds. The van der Waals surface area contributed by atoms with Gasteiger partial charge in [-0.05, 0) is 28.4 Å². The first kappa shape index (κ1) is 5.89. The number of nitrogens with one attached hydrogen (secondary N) is 1. The second-order valence-electron chi connectivity index (χ2n) is 1.79. The quantitative estimate of drug-likeness (QED) is 0.590. The van der Waals surface area contributed by atoms with Crippen LogP contribution in [-0.4, -0.2) is 6.54 Å². The van der Waals surface area contributed by atoms with Crippen molar-refractivity contribution in [2.24, 2.45) is 0 Å². The maximum atomic E-state index is 3.38. The van der Waals surface area contributed by atoms with Crippen LogP contribution < -0.4 is 5.32 Å². The Labute approximate surface area is 57.6 Å². The maximum Gasteiger partial charge on any atom is 0.0358 e. The third kappa shape index (κ3) is 1.13. The van der Waals surface area contributed by atoms with Crippen LogP contribution in [0.1, 0.15) is 6.92 Å². The van der Waals surface area contributed by atoms with Gasteiger partial charge in [0.15, 0.2) is 0 Å². The summed E-state index contributed by atoms with van der Waals surface area (Å²) in [5.41, 5.74) is 1.31. The van der Waals surface area contributed by atoms with Crippen molar-refractivity contribution in [3.63, 3.8) is 0 Å². The lowest BCUT2D eigenvalue weighted by molar-refractivity contribution is 0.955. The maximum absolute atomic E-state index is 3.38. The van der Waals surface area contributed by atoms with Crippen molar-refractivity contribution in [1.29, 1.82) is 0 Å². The topological polar surface area (TPSA) is 12.0 Å². The summed E-state index contributed by atoms with van der Waals surface area (Å²) in [5, 5.41) is 3.08. The first-order chi connectivity index (χ1) is 3.80. The molecule has 2 heteroatoms. The minimum absolute atomic E-state index is 0.959. The molecule has 1 aliphatic rings. The van der Waals surface area contributed by atoms with E-state index in [1.165, 1.54) is 5.57 Å². The molecule has 8 heavy (non-hydrogen) atoms. The standard InChI is InChI=1S/C6H8BrN/c1-5-2-3-8-4-6(5)7/h2,4,8H,3H2,1H3. The molecule has 0 fully saturated rings. The average molecular weight is 174 g/mol. The van der Waals surface area contributed by atoms with Gasteiger partial charge < -0.3 is 5.32 Å². The molecule has 0 aromatic rings. The molecule has 0 atom stereocenters. The van der Waals surface area contributed by atoms with Crippen molar-refractivity contribution in [2.45, 2.75) is 6.92 Å².